The first-order valence-corrected chi connectivity index (χ1v) is 20.8. The van der Waals surface area contributed by atoms with Gasteiger partial charge in [-0.15, -0.1) is 0 Å². The first kappa shape index (κ1) is 35.1. The van der Waals surface area contributed by atoms with Crippen molar-refractivity contribution in [2.24, 2.45) is 0 Å². The largest absolute Gasteiger partial charge is 0.455 e. The monoisotopic (exact) mass is 808 g/mol. The molecule has 0 bridgehead atoms. The minimum atomic E-state index is 0.502. The Morgan fingerprint density at radius 2 is 0.714 bits per heavy atom. The number of furan rings is 3. The molecule has 0 spiro atoms. The topological polar surface area (TPSA) is 91.0 Å². The maximum atomic E-state index is 6.63. The van der Waals surface area contributed by atoms with Crippen molar-refractivity contribution in [3.05, 3.63) is 194 Å². The SMILES string of the molecule is c1cncc(-c2ccc(-c3nc(-c4cc(-c5cccc6c5oc5ccccc56)cc(-c5cccc6c5oc5ccccc56)c4)nc(-c4cccc5c4oc4ccccc45)n3)cc2)c1. The number of nitrogens with zero attached hydrogens (tertiary/aromatic N) is 4. The van der Waals surface area contributed by atoms with E-state index in [0.717, 1.165) is 116 Å². The third-order valence-corrected chi connectivity index (χ3v) is 12.0. The Morgan fingerprint density at radius 1 is 0.286 bits per heavy atom. The van der Waals surface area contributed by atoms with Crippen molar-refractivity contribution in [1.29, 1.82) is 0 Å². The Balaban J connectivity index is 1.07. The maximum absolute atomic E-state index is 6.63. The summed E-state index contributed by atoms with van der Waals surface area (Å²) in [6.07, 6.45) is 3.65. The Kier molecular flexibility index (Phi) is 7.77. The molecule has 0 saturated carbocycles. The van der Waals surface area contributed by atoms with Gasteiger partial charge in [0.05, 0.1) is 5.56 Å². The molecule has 0 unspecified atom stereocenters. The van der Waals surface area contributed by atoms with Crippen LogP contribution in [0.25, 0.3) is 133 Å². The first-order valence-electron chi connectivity index (χ1n) is 20.8. The first-order chi connectivity index (χ1) is 31.2. The van der Waals surface area contributed by atoms with E-state index in [4.69, 9.17) is 28.2 Å². The van der Waals surface area contributed by atoms with Crippen LogP contribution in [-0.2, 0) is 0 Å². The van der Waals surface area contributed by atoms with Gasteiger partial charge in [0.15, 0.2) is 17.5 Å². The normalized spacial score (nSPS) is 11.8. The fraction of sp³-hybridized carbons (Fsp3) is 0. The molecule has 13 rings (SSSR count). The third-order valence-electron chi connectivity index (χ3n) is 12.0. The lowest BCUT2D eigenvalue weighted by atomic mass is 9.94. The lowest BCUT2D eigenvalue weighted by molar-refractivity contribution is 0.669. The summed E-state index contributed by atoms with van der Waals surface area (Å²) < 4.78 is 19.8. The van der Waals surface area contributed by atoms with Gasteiger partial charge >= 0.3 is 0 Å². The summed E-state index contributed by atoms with van der Waals surface area (Å²) in [4.78, 5) is 20.1. The van der Waals surface area contributed by atoms with Gasteiger partial charge in [0, 0.05) is 67.0 Å². The van der Waals surface area contributed by atoms with Gasteiger partial charge in [-0.1, -0.05) is 133 Å². The molecular weight excluding hydrogens is 777 g/mol. The zero-order valence-electron chi connectivity index (χ0n) is 33.5. The summed E-state index contributed by atoms with van der Waals surface area (Å²) in [6, 6.07) is 62.0. The molecule has 5 heterocycles. The number of rotatable bonds is 6. The number of para-hydroxylation sites is 6. The molecule has 0 saturated heterocycles. The fourth-order valence-electron chi connectivity index (χ4n) is 9.04. The van der Waals surface area contributed by atoms with Crippen molar-refractivity contribution in [1.82, 2.24) is 19.9 Å². The van der Waals surface area contributed by atoms with E-state index >= 15 is 0 Å². The summed E-state index contributed by atoms with van der Waals surface area (Å²) in [5, 5.41) is 6.26. The molecular formula is C56H32N4O3. The van der Waals surface area contributed by atoms with E-state index in [-0.39, 0.29) is 0 Å². The van der Waals surface area contributed by atoms with Crippen LogP contribution in [0.5, 0.6) is 0 Å². The highest BCUT2D eigenvalue weighted by molar-refractivity contribution is 6.12. The predicted octanol–water partition coefficient (Wildman–Crippen LogP) is 15.0. The maximum Gasteiger partial charge on any atom is 0.167 e. The van der Waals surface area contributed by atoms with Crippen LogP contribution in [-0.4, -0.2) is 19.9 Å². The number of aromatic nitrogens is 4. The molecule has 63 heavy (non-hydrogen) atoms. The van der Waals surface area contributed by atoms with E-state index < -0.39 is 0 Å². The van der Waals surface area contributed by atoms with Crippen molar-refractivity contribution in [3.8, 4) is 67.5 Å². The van der Waals surface area contributed by atoms with Crippen molar-refractivity contribution < 1.29 is 13.3 Å². The Labute approximate surface area is 359 Å². The van der Waals surface area contributed by atoms with Gasteiger partial charge in [-0.2, -0.15) is 0 Å². The molecule has 7 nitrogen and oxygen atoms in total. The standard InChI is InChI=1S/C56H32N4O3/c1-4-21-48-41(12-1)44-17-7-15-39(51(44)61-48)36-29-37(40-16-8-18-45-42-13-2-5-22-49(42)62-52(40)45)31-38(30-36)55-58-54(34-26-24-33(25-27-34)35-11-10-28-57-32-35)59-56(60-55)47-20-9-19-46-43-14-3-6-23-50(43)63-53(46)47/h1-32H. The Bertz CT molecular complexity index is 3790. The molecule has 294 valence electrons. The average molecular weight is 809 g/mol. The lowest BCUT2D eigenvalue weighted by Gasteiger charge is -2.13. The summed E-state index contributed by atoms with van der Waals surface area (Å²) >= 11 is 0. The van der Waals surface area contributed by atoms with Crippen LogP contribution in [0, 0.1) is 0 Å². The van der Waals surface area contributed by atoms with E-state index in [2.05, 4.69) is 114 Å². The van der Waals surface area contributed by atoms with Gasteiger partial charge < -0.3 is 13.3 Å². The van der Waals surface area contributed by atoms with Gasteiger partial charge in [0.2, 0.25) is 0 Å². The van der Waals surface area contributed by atoms with Gasteiger partial charge in [-0.25, -0.2) is 15.0 Å². The van der Waals surface area contributed by atoms with Crippen LogP contribution < -0.4 is 0 Å². The molecule has 0 aliphatic rings. The van der Waals surface area contributed by atoms with Gasteiger partial charge in [-0.3, -0.25) is 4.98 Å². The number of pyridine rings is 1. The van der Waals surface area contributed by atoms with Crippen molar-refractivity contribution in [3.63, 3.8) is 0 Å². The van der Waals surface area contributed by atoms with E-state index in [1.165, 1.54) is 0 Å². The van der Waals surface area contributed by atoms with Gasteiger partial charge in [0.1, 0.15) is 33.5 Å². The van der Waals surface area contributed by atoms with E-state index in [9.17, 15) is 0 Å². The van der Waals surface area contributed by atoms with Crippen LogP contribution >= 0.6 is 0 Å². The van der Waals surface area contributed by atoms with Crippen molar-refractivity contribution >= 4 is 65.8 Å². The zero-order valence-corrected chi connectivity index (χ0v) is 33.5. The number of hydrogen-bond acceptors (Lipinski definition) is 7. The molecule has 7 heteroatoms. The highest BCUT2D eigenvalue weighted by Gasteiger charge is 2.21. The molecule has 0 aliphatic carbocycles. The fourth-order valence-corrected chi connectivity index (χ4v) is 9.04. The van der Waals surface area contributed by atoms with Gasteiger partial charge in [-0.05, 0) is 70.8 Å². The molecule has 13 aromatic rings. The van der Waals surface area contributed by atoms with Crippen molar-refractivity contribution in [2.45, 2.75) is 0 Å². The second kappa shape index (κ2) is 13.9. The smallest absolute Gasteiger partial charge is 0.167 e. The molecule has 0 radical (unpaired) electrons. The van der Waals surface area contributed by atoms with Crippen LogP contribution in [0.3, 0.4) is 0 Å². The average Bonchev–Trinajstić information content (AvgIpc) is 4.06. The van der Waals surface area contributed by atoms with E-state index in [1.54, 1.807) is 6.20 Å². The molecule has 0 fully saturated rings. The second-order valence-electron chi connectivity index (χ2n) is 15.8. The van der Waals surface area contributed by atoms with Crippen LogP contribution in [0.15, 0.2) is 208 Å². The van der Waals surface area contributed by atoms with Crippen LogP contribution in [0.2, 0.25) is 0 Å². The summed E-state index contributed by atoms with van der Waals surface area (Å²) in [5.74, 6) is 1.55. The minimum absolute atomic E-state index is 0.502. The quantitative estimate of drug-likeness (QED) is 0.165. The molecule has 5 aromatic heterocycles. The molecule has 0 atom stereocenters. The lowest BCUT2D eigenvalue weighted by Crippen LogP contribution is -2.01. The van der Waals surface area contributed by atoms with Crippen LogP contribution in [0.4, 0.5) is 0 Å². The predicted molar refractivity (Wildman–Crippen MR) is 252 cm³/mol. The zero-order chi connectivity index (χ0) is 41.4. The number of fused-ring (bicyclic) bond motifs is 9. The van der Waals surface area contributed by atoms with Gasteiger partial charge in [0.25, 0.3) is 0 Å². The minimum Gasteiger partial charge on any atom is -0.455 e. The highest BCUT2D eigenvalue weighted by atomic mass is 16.3. The molecule has 0 N–H and O–H groups in total. The third kappa shape index (κ3) is 5.75. The number of hydrogen-bond donors (Lipinski definition) is 0. The summed E-state index contributed by atoms with van der Waals surface area (Å²) in [6.45, 7) is 0. The summed E-state index contributed by atoms with van der Waals surface area (Å²) in [5.41, 5.74) is 13.1. The Morgan fingerprint density at radius 3 is 1.24 bits per heavy atom. The highest BCUT2D eigenvalue weighted by Crippen LogP contribution is 2.43. The Hall–Kier alpha value is -8.68. The van der Waals surface area contributed by atoms with E-state index in [0.29, 0.717) is 17.5 Å². The van der Waals surface area contributed by atoms with Crippen LogP contribution in [0.1, 0.15) is 0 Å². The molecule has 0 amide bonds. The molecule has 8 aromatic carbocycles. The number of benzene rings is 8. The van der Waals surface area contributed by atoms with Crippen molar-refractivity contribution in [2.75, 3.05) is 0 Å². The molecule has 0 aliphatic heterocycles. The second-order valence-corrected chi connectivity index (χ2v) is 15.8. The van der Waals surface area contributed by atoms with E-state index in [1.807, 2.05) is 79.0 Å². The summed E-state index contributed by atoms with van der Waals surface area (Å²) in [7, 11) is 0.